The molecule has 12 heavy (non-hydrogen) atoms. The Hall–Kier alpha value is -1.03. The summed E-state index contributed by atoms with van der Waals surface area (Å²) >= 11 is 0. The lowest BCUT2D eigenvalue weighted by Crippen LogP contribution is -2.50. The summed E-state index contributed by atoms with van der Waals surface area (Å²) in [6, 6.07) is -0.218. The number of nitrogens with zero attached hydrogens (tertiary/aromatic N) is 1. The van der Waals surface area contributed by atoms with E-state index < -0.39 is 6.09 Å². The van der Waals surface area contributed by atoms with Gasteiger partial charge in [-0.15, -0.1) is 0 Å². The second kappa shape index (κ2) is 2.48. The lowest BCUT2D eigenvalue weighted by molar-refractivity contribution is -0.145. The zero-order chi connectivity index (χ0) is 8.72. The topological polar surface area (TPSA) is 49.8 Å². The Bertz CT molecular complexity index is 236. The molecule has 0 aromatic rings. The van der Waals surface area contributed by atoms with Crippen LogP contribution in [0.3, 0.4) is 0 Å². The van der Waals surface area contributed by atoms with E-state index in [9.17, 15) is 10.0 Å². The van der Waals surface area contributed by atoms with Crippen molar-refractivity contribution >= 4 is 6.09 Å². The van der Waals surface area contributed by atoms with Gasteiger partial charge in [-0.3, -0.25) is 5.21 Å². The van der Waals surface area contributed by atoms with Gasteiger partial charge in [0.05, 0.1) is 6.04 Å². The molecule has 1 aliphatic carbocycles. The van der Waals surface area contributed by atoms with Gasteiger partial charge in [0.1, 0.15) is 6.10 Å². The summed E-state index contributed by atoms with van der Waals surface area (Å²) < 4.78 is 4.91. The van der Waals surface area contributed by atoms with Crippen molar-refractivity contribution in [2.75, 3.05) is 0 Å². The van der Waals surface area contributed by atoms with Crippen LogP contribution in [0.15, 0.2) is 12.2 Å². The van der Waals surface area contributed by atoms with Crippen LogP contribution >= 0.6 is 0 Å². The van der Waals surface area contributed by atoms with Gasteiger partial charge in [-0.2, -0.15) is 5.06 Å². The lowest BCUT2D eigenvalue weighted by atomic mass is 9.88. The van der Waals surface area contributed by atoms with Gasteiger partial charge in [-0.05, 0) is 12.8 Å². The average Bonchev–Trinajstić information content (AvgIpc) is 2.06. The van der Waals surface area contributed by atoms with Crippen LogP contribution < -0.4 is 0 Å². The van der Waals surface area contributed by atoms with Crippen LogP contribution in [0.4, 0.5) is 4.79 Å². The van der Waals surface area contributed by atoms with E-state index >= 15 is 0 Å². The fourth-order valence-corrected chi connectivity index (χ4v) is 1.75. The van der Waals surface area contributed by atoms with Gasteiger partial charge in [-0.25, -0.2) is 4.79 Å². The maximum atomic E-state index is 11.0. The number of hydroxylamine groups is 2. The van der Waals surface area contributed by atoms with Gasteiger partial charge in [0.25, 0.3) is 0 Å². The smallest absolute Gasteiger partial charge is 0.434 e. The molecule has 1 aliphatic heterocycles. The molecule has 2 unspecified atom stereocenters. The molecule has 0 aromatic heterocycles. The highest BCUT2D eigenvalue weighted by Crippen LogP contribution is 2.32. The van der Waals surface area contributed by atoms with Crippen molar-refractivity contribution in [3.8, 4) is 0 Å². The molecule has 0 aromatic carbocycles. The number of fused-ring (bicyclic) bond motifs is 2. The highest BCUT2D eigenvalue weighted by atomic mass is 16.6. The van der Waals surface area contributed by atoms with Crippen LogP contribution in [0, 0.1) is 0 Å². The number of carbonyl (C=O) groups is 1. The van der Waals surface area contributed by atoms with Gasteiger partial charge in [-0.1, -0.05) is 12.2 Å². The normalized spacial score (nSPS) is 34.9. The predicted octanol–water partition coefficient (Wildman–Crippen LogP) is 1.31. The molecule has 1 amide bonds. The van der Waals surface area contributed by atoms with E-state index in [1.807, 2.05) is 0 Å². The van der Waals surface area contributed by atoms with Gasteiger partial charge in [0.2, 0.25) is 0 Å². The fraction of sp³-hybridized carbons (Fsp3) is 0.625. The molecule has 66 valence electrons. The summed E-state index contributed by atoms with van der Waals surface area (Å²) in [7, 11) is 0. The van der Waals surface area contributed by atoms with Crippen molar-refractivity contribution in [2.45, 2.75) is 31.4 Å². The van der Waals surface area contributed by atoms with E-state index in [2.05, 4.69) is 6.58 Å². The molecule has 4 nitrogen and oxygen atoms in total. The molecule has 1 saturated heterocycles. The Labute approximate surface area is 70.4 Å². The predicted molar refractivity (Wildman–Crippen MR) is 40.7 cm³/mol. The fourth-order valence-electron chi connectivity index (χ4n) is 1.75. The monoisotopic (exact) mass is 169 g/mol. The third-order valence-corrected chi connectivity index (χ3v) is 2.49. The third-order valence-electron chi connectivity index (χ3n) is 2.49. The molecule has 2 fully saturated rings. The van der Waals surface area contributed by atoms with Crippen LogP contribution in [-0.4, -0.2) is 28.5 Å². The molecule has 2 aliphatic rings. The summed E-state index contributed by atoms with van der Waals surface area (Å²) in [5.74, 6) is 0. The largest absolute Gasteiger partial charge is 0.444 e. The van der Waals surface area contributed by atoms with E-state index in [1.165, 1.54) is 0 Å². The van der Waals surface area contributed by atoms with Gasteiger partial charge >= 0.3 is 6.09 Å². The van der Waals surface area contributed by atoms with Gasteiger partial charge in [0, 0.05) is 6.42 Å². The maximum absolute atomic E-state index is 11.0. The number of hydrogen-bond acceptors (Lipinski definition) is 3. The third kappa shape index (κ3) is 0.992. The van der Waals surface area contributed by atoms with E-state index in [0.717, 1.165) is 18.4 Å². The van der Waals surface area contributed by atoms with Crippen LogP contribution in [0.5, 0.6) is 0 Å². The summed E-state index contributed by atoms with van der Waals surface area (Å²) in [4.78, 5) is 11.0. The quantitative estimate of drug-likeness (QED) is 0.439. The van der Waals surface area contributed by atoms with Crippen LogP contribution in [0.2, 0.25) is 0 Å². The second-order valence-electron chi connectivity index (χ2n) is 3.30. The van der Waals surface area contributed by atoms with Crippen molar-refractivity contribution in [3.05, 3.63) is 12.2 Å². The van der Waals surface area contributed by atoms with Crippen molar-refractivity contribution in [2.24, 2.45) is 0 Å². The molecule has 2 atom stereocenters. The average molecular weight is 169 g/mol. The molecular weight excluding hydrogens is 158 g/mol. The minimum absolute atomic E-state index is 0.0172. The molecule has 0 spiro atoms. The van der Waals surface area contributed by atoms with Crippen LogP contribution in [-0.2, 0) is 4.74 Å². The first kappa shape index (κ1) is 7.61. The Morgan fingerprint density at radius 1 is 1.67 bits per heavy atom. The van der Waals surface area contributed by atoms with Crippen LogP contribution in [0.25, 0.3) is 0 Å². The zero-order valence-electron chi connectivity index (χ0n) is 6.69. The highest BCUT2D eigenvalue weighted by Gasteiger charge is 2.39. The van der Waals surface area contributed by atoms with Crippen molar-refractivity contribution in [1.82, 2.24) is 5.06 Å². The first-order valence-corrected chi connectivity index (χ1v) is 4.05. The Morgan fingerprint density at radius 2 is 2.42 bits per heavy atom. The van der Waals surface area contributed by atoms with E-state index in [0.29, 0.717) is 11.5 Å². The zero-order valence-corrected chi connectivity index (χ0v) is 6.69. The van der Waals surface area contributed by atoms with Crippen molar-refractivity contribution in [3.63, 3.8) is 0 Å². The summed E-state index contributed by atoms with van der Waals surface area (Å²) in [5.41, 5.74) is 0.922. The Balaban J connectivity index is 2.21. The van der Waals surface area contributed by atoms with Gasteiger partial charge < -0.3 is 4.74 Å². The number of carbonyl (C=O) groups excluding carboxylic acids is 1. The number of hydrogen-bond donors (Lipinski definition) is 1. The maximum Gasteiger partial charge on any atom is 0.434 e. The molecule has 1 N–H and O–H groups in total. The second-order valence-corrected chi connectivity index (χ2v) is 3.30. The molecule has 1 heterocycles. The SMILES string of the molecule is C=C1CCC2CC1N(O)C(=O)O2. The molecule has 1 saturated carbocycles. The van der Waals surface area contributed by atoms with Crippen molar-refractivity contribution < 1.29 is 14.7 Å². The first-order chi connectivity index (χ1) is 5.68. The van der Waals surface area contributed by atoms with E-state index in [4.69, 9.17) is 4.74 Å². The summed E-state index contributed by atoms with van der Waals surface area (Å²) in [5, 5.41) is 9.91. The van der Waals surface area contributed by atoms with Crippen LogP contribution in [0.1, 0.15) is 19.3 Å². The standard InChI is InChI=1S/C8H11NO3/c1-5-2-3-6-4-7(5)9(11)8(10)12-6/h6-7,11H,1-4H2. The number of ether oxygens (including phenoxy) is 1. The number of rotatable bonds is 0. The number of amides is 1. The summed E-state index contributed by atoms with van der Waals surface area (Å²) in [6.07, 6.45) is 1.70. The van der Waals surface area contributed by atoms with Crippen molar-refractivity contribution in [1.29, 1.82) is 0 Å². The van der Waals surface area contributed by atoms with Gasteiger partial charge in [0.15, 0.2) is 0 Å². The lowest BCUT2D eigenvalue weighted by Gasteiger charge is -2.39. The Morgan fingerprint density at radius 3 is 3.17 bits per heavy atom. The Kier molecular flexibility index (Phi) is 1.58. The van der Waals surface area contributed by atoms with E-state index in [1.54, 1.807) is 0 Å². The molecule has 0 radical (unpaired) electrons. The highest BCUT2D eigenvalue weighted by molar-refractivity contribution is 5.68. The minimum atomic E-state index is -0.642. The molecular formula is C8H11NO3. The molecule has 2 bridgehead atoms. The molecule has 4 heteroatoms. The minimum Gasteiger partial charge on any atom is -0.444 e. The summed E-state index contributed by atoms with van der Waals surface area (Å²) in [6.45, 7) is 3.81. The van der Waals surface area contributed by atoms with E-state index in [-0.39, 0.29) is 12.1 Å². The first-order valence-electron chi connectivity index (χ1n) is 4.05. The molecule has 2 rings (SSSR count).